The monoisotopic (exact) mass is 339 g/mol. The number of hydrogen-bond donors (Lipinski definition) is 3. The van der Waals surface area contributed by atoms with Gasteiger partial charge < -0.3 is 15.6 Å². The van der Waals surface area contributed by atoms with Gasteiger partial charge in [0.2, 0.25) is 0 Å². The second-order valence-electron chi connectivity index (χ2n) is 5.10. The summed E-state index contributed by atoms with van der Waals surface area (Å²) < 4.78 is 36.6. The van der Waals surface area contributed by atoms with Crippen molar-refractivity contribution < 1.29 is 13.2 Å². The second-order valence-corrected chi connectivity index (χ2v) is 5.10. The summed E-state index contributed by atoms with van der Waals surface area (Å²) in [6, 6.07) is 9.72. The number of guanidine groups is 1. The lowest BCUT2D eigenvalue weighted by Crippen LogP contribution is -2.38. The molecular formula is C16H20F3N5. The van der Waals surface area contributed by atoms with E-state index in [1.807, 2.05) is 37.3 Å². The number of nitrogens with zero attached hydrogens (tertiary/aromatic N) is 2. The van der Waals surface area contributed by atoms with Gasteiger partial charge in [-0.25, -0.2) is 9.98 Å². The molecule has 0 aliphatic carbocycles. The van der Waals surface area contributed by atoms with Crippen LogP contribution in [-0.4, -0.2) is 35.2 Å². The van der Waals surface area contributed by atoms with Crippen LogP contribution in [0.25, 0.3) is 11.3 Å². The first kappa shape index (κ1) is 17.8. The predicted molar refractivity (Wildman–Crippen MR) is 87.5 cm³/mol. The zero-order valence-corrected chi connectivity index (χ0v) is 13.3. The lowest BCUT2D eigenvalue weighted by Gasteiger charge is -2.12. The SMILES string of the molecule is CCNC(=NCc1ncc(-c2ccccc2)[nH]1)NCCC(F)(F)F. The van der Waals surface area contributed by atoms with E-state index < -0.39 is 12.6 Å². The number of benzene rings is 1. The van der Waals surface area contributed by atoms with Crippen molar-refractivity contribution in [2.75, 3.05) is 13.1 Å². The van der Waals surface area contributed by atoms with Gasteiger partial charge >= 0.3 is 6.18 Å². The molecule has 5 nitrogen and oxygen atoms in total. The van der Waals surface area contributed by atoms with E-state index in [-0.39, 0.29) is 13.1 Å². The summed E-state index contributed by atoms with van der Waals surface area (Å²) in [6.07, 6.45) is -3.38. The molecular weight excluding hydrogens is 319 g/mol. The molecule has 0 saturated heterocycles. The molecule has 8 heteroatoms. The van der Waals surface area contributed by atoms with Crippen molar-refractivity contribution in [3.05, 3.63) is 42.4 Å². The van der Waals surface area contributed by atoms with Gasteiger partial charge in [-0.2, -0.15) is 13.2 Å². The third kappa shape index (κ3) is 5.94. The molecule has 24 heavy (non-hydrogen) atoms. The highest BCUT2D eigenvalue weighted by molar-refractivity contribution is 5.79. The van der Waals surface area contributed by atoms with Gasteiger partial charge in [0.05, 0.1) is 18.3 Å². The molecule has 0 aliphatic heterocycles. The smallest absolute Gasteiger partial charge is 0.357 e. The van der Waals surface area contributed by atoms with Crippen LogP contribution in [0.5, 0.6) is 0 Å². The maximum Gasteiger partial charge on any atom is 0.390 e. The molecule has 130 valence electrons. The minimum absolute atomic E-state index is 0.219. The molecule has 1 heterocycles. The first-order valence-corrected chi connectivity index (χ1v) is 7.66. The number of rotatable bonds is 6. The first-order chi connectivity index (χ1) is 11.5. The average Bonchev–Trinajstić information content (AvgIpc) is 3.01. The summed E-state index contributed by atoms with van der Waals surface area (Å²) in [5, 5.41) is 5.57. The van der Waals surface area contributed by atoms with Gasteiger partial charge in [-0.3, -0.25) is 0 Å². The molecule has 0 atom stereocenters. The number of hydrogen-bond acceptors (Lipinski definition) is 2. The number of imidazole rings is 1. The summed E-state index contributed by atoms with van der Waals surface area (Å²) in [7, 11) is 0. The Labute approximate surface area is 138 Å². The van der Waals surface area contributed by atoms with Crippen LogP contribution in [-0.2, 0) is 6.54 Å². The molecule has 0 bridgehead atoms. The first-order valence-electron chi connectivity index (χ1n) is 7.66. The molecule has 1 aromatic heterocycles. The summed E-state index contributed by atoms with van der Waals surface area (Å²) in [4.78, 5) is 11.6. The van der Waals surface area contributed by atoms with Crippen LogP contribution in [0.15, 0.2) is 41.5 Å². The molecule has 2 aromatic rings. The van der Waals surface area contributed by atoms with E-state index >= 15 is 0 Å². The normalized spacial score (nSPS) is 12.2. The third-order valence-corrected chi connectivity index (χ3v) is 3.15. The summed E-state index contributed by atoms with van der Waals surface area (Å²) in [5.74, 6) is 0.973. The van der Waals surface area contributed by atoms with Crippen LogP contribution < -0.4 is 10.6 Å². The Bertz CT molecular complexity index is 649. The Morgan fingerprint density at radius 1 is 1.21 bits per heavy atom. The fourth-order valence-electron chi connectivity index (χ4n) is 2.03. The number of aromatic nitrogens is 2. The number of halogens is 3. The molecule has 3 N–H and O–H groups in total. The standard InChI is InChI=1S/C16H20F3N5/c1-2-20-15(21-9-8-16(17,18)19)23-11-14-22-10-13(24-14)12-6-4-3-5-7-12/h3-7,10H,2,8-9,11H2,1H3,(H,22,24)(H2,20,21,23). The molecule has 0 saturated carbocycles. The van der Waals surface area contributed by atoms with E-state index in [4.69, 9.17) is 0 Å². The molecule has 1 aromatic carbocycles. The molecule has 0 aliphatic rings. The number of aliphatic imine (C=N–C) groups is 1. The second kappa shape index (κ2) is 8.37. The van der Waals surface area contributed by atoms with Crippen molar-refractivity contribution in [2.24, 2.45) is 4.99 Å². The molecule has 0 unspecified atom stereocenters. The van der Waals surface area contributed by atoms with Gasteiger partial charge in [0.15, 0.2) is 5.96 Å². The number of alkyl halides is 3. The van der Waals surface area contributed by atoms with Gasteiger partial charge in [-0.05, 0) is 12.5 Å². The van der Waals surface area contributed by atoms with Gasteiger partial charge in [-0.15, -0.1) is 0 Å². The van der Waals surface area contributed by atoms with Crippen molar-refractivity contribution in [1.82, 2.24) is 20.6 Å². The van der Waals surface area contributed by atoms with E-state index in [0.717, 1.165) is 11.3 Å². The van der Waals surface area contributed by atoms with Crippen LogP contribution in [0.1, 0.15) is 19.2 Å². The van der Waals surface area contributed by atoms with Crippen LogP contribution in [0.4, 0.5) is 13.2 Å². The van der Waals surface area contributed by atoms with Crippen LogP contribution in [0, 0.1) is 0 Å². The molecule has 0 radical (unpaired) electrons. The fraction of sp³-hybridized carbons (Fsp3) is 0.375. The molecule has 0 spiro atoms. The van der Waals surface area contributed by atoms with E-state index in [1.165, 1.54) is 0 Å². The Balaban J connectivity index is 1.95. The van der Waals surface area contributed by atoms with Gasteiger partial charge in [0.1, 0.15) is 12.4 Å². The van der Waals surface area contributed by atoms with Gasteiger partial charge in [-0.1, -0.05) is 30.3 Å². The highest BCUT2D eigenvalue weighted by Gasteiger charge is 2.26. The van der Waals surface area contributed by atoms with Crippen molar-refractivity contribution in [2.45, 2.75) is 26.1 Å². The Morgan fingerprint density at radius 2 is 1.96 bits per heavy atom. The number of nitrogens with one attached hydrogen (secondary N) is 3. The number of aromatic amines is 1. The summed E-state index contributed by atoms with van der Waals surface area (Å²) in [6.45, 7) is 2.43. The summed E-state index contributed by atoms with van der Waals surface area (Å²) in [5.41, 5.74) is 1.88. The maximum atomic E-state index is 12.2. The largest absolute Gasteiger partial charge is 0.390 e. The number of H-pyrrole nitrogens is 1. The minimum atomic E-state index is -4.18. The lowest BCUT2D eigenvalue weighted by atomic mass is 10.2. The zero-order valence-electron chi connectivity index (χ0n) is 13.3. The highest BCUT2D eigenvalue weighted by Crippen LogP contribution is 2.18. The van der Waals surface area contributed by atoms with E-state index in [2.05, 4.69) is 25.6 Å². The van der Waals surface area contributed by atoms with Crippen molar-refractivity contribution in [3.63, 3.8) is 0 Å². The lowest BCUT2D eigenvalue weighted by molar-refractivity contribution is -0.132. The van der Waals surface area contributed by atoms with E-state index in [9.17, 15) is 13.2 Å². The molecule has 0 amide bonds. The van der Waals surface area contributed by atoms with Crippen molar-refractivity contribution >= 4 is 5.96 Å². The maximum absolute atomic E-state index is 12.2. The van der Waals surface area contributed by atoms with Gasteiger partial charge in [0, 0.05) is 13.1 Å². The van der Waals surface area contributed by atoms with Crippen LogP contribution in [0.2, 0.25) is 0 Å². The molecule has 2 rings (SSSR count). The van der Waals surface area contributed by atoms with Crippen LogP contribution in [0.3, 0.4) is 0 Å². The van der Waals surface area contributed by atoms with E-state index in [0.29, 0.717) is 18.3 Å². The summed E-state index contributed by atoms with van der Waals surface area (Å²) >= 11 is 0. The Kier molecular flexibility index (Phi) is 6.22. The Hall–Kier alpha value is -2.51. The van der Waals surface area contributed by atoms with Crippen molar-refractivity contribution in [1.29, 1.82) is 0 Å². The molecule has 0 fully saturated rings. The van der Waals surface area contributed by atoms with Crippen LogP contribution >= 0.6 is 0 Å². The van der Waals surface area contributed by atoms with Crippen molar-refractivity contribution in [3.8, 4) is 11.3 Å². The van der Waals surface area contributed by atoms with Gasteiger partial charge in [0.25, 0.3) is 0 Å². The predicted octanol–water partition coefficient (Wildman–Crippen LogP) is 3.08. The minimum Gasteiger partial charge on any atom is -0.357 e. The topological polar surface area (TPSA) is 65.1 Å². The highest BCUT2D eigenvalue weighted by atomic mass is 19.4. The fourth-order valence-corrected chi connectivity index (χ4v) is 2.03. The zero-order chi connectivity index (χ0) is 17.4. The Morgan fingerprint density at radius 3 is 2.62 bits per heavy atom. The quantitative estimate of drug-likeness (QED) is 0.560. The third-order valence-electron chi connectivity index (χ3n) is 3.15. The average molecular weight is 339 g/mol. The van der Waals surface area contributed by atoms with E-state index in [1.54, 1.807) is 6.20 Å².